The van der Waals surface area contributed by atoms with Gasteiger partial charge in [0.05, 0.1) is 0 Å². The highest BCUT2D eigenvalue weighted by molar-refractivity contribution is 6.05. The van der Waals surface area contributed by atoms with Crippen LogP contribution in [0, 0.1) is 0 Å². The Morgan fingerprint density at radius 2 is 1.55 bits per heavy atom. The van der Waals surface area contributed by atoms with Crippen LogP contribution in [0.5, 0.6) is 0 Å². The lowest BCUT2D eigenvalue weighted by Gasteiger charge is -2.39. The summed E-state index contributed by atoms with van der Waals surface area (Å²) in [4.78, 5) is 47.9. The standard InChI is InChI=1S/C13H18O9/c1-5(14)9(18)10-11(19,6(2)15)12(20,7(3)16)13(21,22-10)8(4)17/h9-10,18-21H,1-4H3/t9?,10-,11-,12-,13?/m1/s1/i1D,2D,3D,4D. The van der Waals surface area contributed by atoms with E-state index in [0.717, 1.165) is 0 Å². The molecule has 0 aromatic carbocycles. The molecule has 0 amide bonds. The topological polar surface area (TPSA) is 158 Å². The fourth-order valence-corrected chi connectivity index (χ4v) is 2.31. The van der Waals surface area contributed by atoms with Gasteiger partial charge >= 0.3 is 0 Å². The quantitative estimate of drug-likeness (QED) is 0.421. The van der Waals surface area contributed by atoms with E-state index in [0.29, 0.717) is 0 Å². The van der Waals surface area contributed by atoms with Crippen molar-refractivity contribution in [3.63, 3.8) is 0 Å². The van der Waals surface area contributed by atoms with Gasteiger partial charge in [0, 0.05) is 12.4 Å². The van der Waals surface area contributed by atoms with E-state index < -0.39 is 79.9 Å². The van der Waals surface area contributed by atoms with Crippen molar-refractivity contribution >= 4 is 23.1 Å². The molecule has 1 fully saturated rings. The van der Waals surface area contributed by atoms with E-state index in [1.165, 1.54) is 0 Å². The van der Waals surface area contributed by atoms with Crippen LogP contribution in [0.2, 0.25) is 0 Å². The molecule has 124 valence electrons. The normalized spacial score (nSPS) is 41.7. The second kappa shape index (κ2) is 5.28. The Kier molecular flexibility index (Phi) is 3.12. The molecule has 9 nitrogen and oxygen atoms in total. The number of aliphatic hydroxyl groups is 4. The van der Waals surface area contributed by atoms with Crippen LogP contribution in [0.4, 0.5) is 0 Å². The van der Waals surface area contributed by atoms with Crippen molar-refractivity contribution in [2.45, 2.75) is 56.8 Å². The first-order valence-electron chi connectivity index (χ1n) is 8.59. The van der Waals surface area contributed by atoms with Crippen molar-refractivity contribution in [3.8, 4) is 0 Å². The van der Waals surface area contributed by atoms with Gasteiger partial charge in [-0.25, -0.2) is 0 Å². The number of ether oxygens (including phenoxy) is 1. The molecule has 0 radical (unpaired) electrons. The lowest BCUT2D eigenvalue weighted by atomic mass is 9.69. The van der Waals surface area contributed by atoms with E-state index in [-0.39, 0.29) is 0 Å². The molecule has 1 aliphatic rings. The molecule has 1 heterocycles. The van der Waals surface area contributed by atoms with Crippen LogP contribution < -0.4 is 0 Å². The van der Waals surface area contributed by atoms with Gasteiger partial charge in [-0.05, 0) is 20.7 Å². The summed E-state index contributed by atoms with van der Waals surface area (Å²) in [7, 11) is 0. The van der Waals surface area contributed by atoms with Gasteiger partial charge in [0.2, 0.25) is 5.60 Å². The van der Waals surface area contributed by atoms with E-state index in [4.69, 9.17) is 5.48 Å². The molecule has 0 spiro atoms. The van der Waals surface area contributed by atoms with Gasteiger partial charge in [0.25, 0.3) is 5.79 Å². The maximum atomic E-state index is 12.2. The van der Waals surface area contributed by atoms with Gasteiger partial charge in [0.15, 0.2) is 28.7 Å². The van der Waals surface area contributed by atoms with Crippen molar-refractivity contribution in [3.05, 3.63) is 0 Å². The lowest BCUT2D eigenvalue weighted by molar-refractivity contribution is -0.250. The minimum atomic E-state index is -3.86. The summed E-state index contributed by atoms with van der Waals surface area (Å²) in [6.07, 6.45) is -5.13. The molecule has 22 heavy (non-hydrogen) atoms. The third-order valence-corrected chi connectivity index (χ3v) is 3.57. The highest BCUT2D eigenvalue weighted by Crippen LogP contribution is 2.48. The molecular weight excluding hydrogens is 300 g/mol. The number of carbonyl (C=O) groups is 4. The smallest absolute Gasteiger partial charge is 0.267 e. The average Bonchev–Trinajstić information content (AvgIpc) is 2.85. The molecule has 0 aromatic rings. The number of carbonyl (C=O) groups excluding carboxylic acids is 4. The summed E-state index contributed by atoms with van der Waals surface area (Å²) in [5, 5.41) is 41.9. The van der Waals surface area contributed by atoms with Crippen molar-refractivity contribution in [2.75, 3.05) is 0 Å². The van der Waals surface area contributed by atoms with E-state index >= 15 is 0 Å². The Morgan fingerprint density at radius 3 is 2.00 bits per heavy atom. The van der Waals surface area contributed by atoms with E-state index in [1.807, 2.05) is 0 Å². The molecule has 1 rings (SSSR count). The Morgan fingerprint density at radius 1 is 1.00 bits per heavy atom. The Balaban J connectivity index is 3.81. The first-order chi connectivity index (χ1) is 11.9. The Bertz CT molecular complexity index is 629. The van der Waals surface area contributed by atoms with Crippen molar-refractivity contribution < 1.29 is 49.8 Å². The van der Waals surface area contributed by atoms with Gasteiger partial charge in [-0.3, -0.25) is 19.2 Å². The summed E-state index contributed by atoms with van der Waals surface area (Å²) >= 11 is 0. The van der Waals surface area contributed by atoms with Gasteiger partial charge in [-0.1, -0.05) is 0 Å². The molecule has 0 aliphatic carbocycles. The first kappa shape index (κ1) is 13.0. The van der Waals surface area contributed by atoms with Crippen LogP contribution in [0.25, 0.3) is 0 Å². The third kappa shape index (κ3) is 1.97. The van der Waals surface area contributed by atoms with Crippen LogP contribution in [0.3, 0.4) is 0 Å². The van der Waals surface area contributed by atoms with Gasteiger partial charge in [-0.15, -0.1) is 0 Å². The molecule has 5 atom stereocenters. The number of hydrogen-bond acceptors (Lipinski definition) is 9. The fourth-order valence-electron chi connectivity index (χ4n) is 2.31. The van der Waals surface area contributed by atoms with Gasteiger partial charge in [0.1, 0.15) is 12.2 Å². The summed E-state index contributed by atoms with van der Waals surface area (Å²) in [6.45, 7) is -5.07. The van der Waals surface area contributed by atoms with Crippen molar-refractivity contribution in [2.24, 2.45) is 0 Å². The number of rotatable bonds is 5. The summed E-state index contributed by atoms with van der Waals surface area (Å²) in [5.41, 5.74) is -7.51. The zero-order valence-electron chi connectivity index (χ0n) is 15.3. The minimum absolute atomic E-state index is 1.08. The average molecular weight is 322 g/mol. The maximum Gasteiger partial charge on any atom is 0.267 e. The second-order valence-electron chi connectivity index (χ2n) is 4.84. The van der Waals surface area contributed by atoms with Crippen LogP contribution in [-0.4, -0.2) is 72.8 Å². The predicted molar refractivity (Wildman–Crippen MR) is 68.5 cm³/mol. The molecule has 1 aliphatic heterocycles. The number of hydrogen-bond donors (Lipinski definition) is 4. The molecule has 0 saturated carbocycles. The fraction of sp³-hybridized carbons (Fsp3) is 0.692. The predicted octanol–water partition coefficient (Wildman–Crippen LogP) is -2.75. The second-order valence-corrected chi connectivity index (χ2v) is 4.84. The van der Waals surface area contributed by atoms with E-state index in [9.17, 15) is 39.6 Å². The third-order valence-electron chi connectivity index (χ3n) is 3.57. The maximum absolute atomic E-state index is 12.2. The molecule has 4 N–H and O–H groups in total. The molecule has 9 heteroatoms. The van der Waals surface area contributed by atoms with Gasteiger partial charge < -0.3 is 25.2 Å². The van der Waals surface area contributed by atoms with Crippen LogP contribution in [0.15, 0.2) is 0 Å². The van der Waals surface area contributed by atoms with Crippen LogP contribution >= 0.6 is 0 Å². The highest BCUT2D eigenvalue weighted by Gasteiger charge is 2.80. The SMILES string of the molecule is [2H]CC(=O)C(O)[C@H]1OC(O)(C(=O)C[2H])[C@@](O)(C(=O)C[2H])[C@@]1(O)C(=O)C[2H]. The molecule has 2 unspecified atom stereocenters. The first-order valence-corrected chi connectivity index (χ1v) is 5.76. The zero-order chi connectivity index (χ0) is 20.5. The monoisotopic (exact) mass is 322 g/mol. The lowest BCUT2D eigenvalue weighted by Crippen LogP contribution is -2.73. The summed E-state index contributed by atoms with van der Waals surface area (Å²) < 4.78 is 32.8. The molecule has 0 bridgehead atoms. The van der Waals surface area contributed by atoms with Crippen molar-refractivity contribution in [1.29, 1.82) is 0 Å². The summed E-state index contributed by atoms with van der Waals surface area (Å²) in [5.74, 6) is -10.3. The zero-order valence-corrected chi connectivity index (χ0v) is 11.3. The van der Waals surface area contributed by atoms with E-state index in [1.54, 1.807) is 0 Å². The Labute approximate surface area is 131 Å². The molecular formula is C13H18O9. The van der Waals surface area contributed by atoms with E-state index in [2.05, 4.69) is 4.74 Å². The Hall–Kier alpha value is -1.52. The van der Waals surface area contributed by atoms with Crippen LogP contribution in [0.1, 0.15) is 33.1 Å². The number of ketones is 4. The number of aliphatic hydroxyl groups excluding tert-OH is 1. The number of Topliss-reactive ketones (excluding diaryl/α,β-unsaturated/α-hetero) is 4. The van der Waals surface area contributed by atoms with Crippen LogP contribution in [-0.2, 0) is 23.9 Å². The largest absolute Gasteiger partial charge is 0.382 e. The molecule has 1 saturated heterocycles. The minimum Gasteiger partial charge on any atom is -0.382 e. The highest BCUT2D eigenvalue weighted by atomic mass is 16.7. The molecule has 0 aromatic heterocycles. The van der Waals surface area contributed by atoms with Gasteiger partial charge in [-0.2, -0.15) is 0 Å². The van der Waals surface area contributed by atoms with Crippen molar-refractivity contribution in [1.82, 2.24) is 0 Å². The summed E-state index contributed by atoms with van der Waals surface area (Å²) in [6, 6.07) is 0.